The van der Waals surface area contributed by atoms with Gasteiger partial charge in [-0.1, -0.05) is 25.1 Å². The molecule has 0 saturated carbocycles. The number of nitrogens with zero attached hydrogens (tertiary/aromatic N) is 4. The molecule has 0 aliphatic heterocycles. The number of aromatic amines is 1. The summed E-state index contributed by atoms with van der Waals surface area (Å²) in [7, 11) is 6.10. The first-order valence-corrected chi connectivity index (χ1v) is 12.4. The number of nitrogens with one attached hydrogen (secondary N) is 4. The van der Waals surface area contributed by atoms with Crippen LogP contribution in [-0.4, -0.2) is 57.5 Å². The molecule has 5 aromatic rings. The van der Waals surface area contributed by atoms with E-state index >= 15 is 0 Å². The molecule has 1 amide bonds. The van der Waals surface area contributed by atoms with Crippen LogP contribution < -0.4 is 16.0 Å². The number of para-hydroxylation sites is 1. The van der Waals surface area contributed by atoms with Gasteiger partial charge in [-0.15, -0.1) is 0 Å². The maximum Gasteiger partial charge on any atom is 0.229 e. The lowest BCUT2D eigenvalue weighted by Crippen LogP contribution is -2.21. The van der Waals surface area contributed by atoms with E-state index in [0.717, 1.165) is 57.7 Å². The summed E-state index contributed by atoms with van der Waals surface area (Å²) in [4.78, 5) is 27.2. The number of fused-ring (bicyclic) bond motifs is 2. The third kappa shape index (κ3) is 5.12. The highest BCUT2D eigenvalue weighted by Crippen LogP contribution is 2.34. The van der Waals surface area contributed by atoms with E-state index in [1.165, 1.54) is 0 Å². The van der Waals surface area contributed by atoms with Crippen LogP contribution in [0.3, 0.4) is 0 Å². The Bertz CT molecular complexity index is 1570. The lowest BCUT2D eigenvalue weighted by atomic mass is 10.1. The summed E-state index contributed by atoms with van der Waals surface area (Å²) in [6.07, 6.45) is 4.38. The molecule has 0 atom stereocenters. The molecular weight excluding hydrogens is 464 g/mol. The Morgan fingerprint density at radius 1 is 1.05 bits per heavy atom. The molecule has 0 radical (unpaired) electrons. The molecule has 0 aliphatic rings. The average Bonchev–Trinajstić information content (AvgIpc) is 3.49. The number of H-pyrrole nitrogens is 1. The minimum atomic E-state index is -0.0462. The van der Waals surface area contributed by atoms with Crippen LogP contribution in [0.4, 0.5) is 23.0 Å². The average molecular weight is 497 g/mol. The van der Waals surface area contributed by atoms with Crippen LogP contribution in [0.5, 0.6) is 0 Å². The van der Waals surface area contributed by atoms with Crippen molar-refractivity contribution in [3.8, 4) is 11.3 Å². The maximum absolute atomic E-state index is 12.2. The van der Waals surface area contributed by atoms with Gasteiger partial charge in [-0.2, -0.15) is 4.98 Å². The number of aryl methyl sites for hydroxylation is 1. The highest BCUT2D eigenvalue weighted by Gasteiger charge is 2.16. The van der Waals surface area contributed by atoms with Crippen LogP contribution in [-0.2, 0) is 11.8 Å². The van der Waals surface area contributed by atoms with Gasteiger partial charge in [0.05, 0.1) is 17.1 Å². The molecule has 2 aromatic carbocycles. The summed E-state index contributed by atoms with van der Waals surface area (Å²) >= 11 is 0. The monoisotopic (exact) mass is 496 g/mol. The SMILES string of the molecule is CCC(=O)Nc1cc(Nc2nc(-c3cn(C)c4ccccc34)c3cc[nH]c3n2)ccc1NCCN(C)C. The zero-order chi connectivity index (χ0) is 25.9. The smallest absolute Gasteiger partial charge is 0.229 e. The molecule has 9 nitrogen and oxygen atoms in total. The number of likely N-dealkylation sites (N-methyl/N-ethyl adjacent to an activating group) is 1. The van der Waals surface area contributed by atoms with Gasteiger partial charge in [-0.3, -0.25) is 4.79 Å². The number of rotatable bonds is 9. The fraction of sp³-hybridized carbons (Fsp3) is 0.250. The summed E-state index contributed by atoms with van der Waals surface area (Å²) in [6.45, 7) is 3.47. The van der Waals surface area contributed by atoms with Gasteiger partial charge in [0, 0.05) is 66.5 Å². The number of anilines is 4. The molecule has 3 aromatic heterocycles. The molecule has 3 heterocycles. The summed E-state index contributed by atoms with van der Waals surface area (Å²) in [5.74, 6) is 0.425. The quantitative estimate of drug-likeness (QED) is 0.224. The van der Waals surface area contributed by atoms with E-state index in [1.54, 1.807) is 0 Å². The first-order valence-electron chi connectivity index (χ1n) is 12.4. The van der Waals surface area contributed by atoms with E-state index < -0.39 is 0 Å². The number of hydrogen-bond acceptors (Lipinski definition) is 6. The van der Waals surface area contributed by atoms with Crippen LogP contribution in [0.25, 0.3) is 33.2 Å². The van der Waals surface area contributed by atoms with Crippen molar-refractivity contribution in [1.29, 1.82) is 0 Å². The van der Waals surface area contributed by atoms with E-state index in [1.807, 2.05) is 70.7 Å². The van der Waals surface area contributed by atoms with Crippen molar-refractivity contribution in [1.82, 2.24) is 24.4 Å². The third-order valence-electron chi connectivity index (χ3n) is 6.31. The molecule has 4 N–H and O–H groups in total. The summed E-state index contributed by atoms with van der Waals surface area (Å²) in [5.41, 5.74) is 6.15. The van der Waals surface area contributed by atoms with Gasteiger partial charge in [0.1, 0.15) is 5.65 Å². The second-order valence-corrected chi connectivity index (χ2v) is 9.32. The Labute approximate surface area is 215 Å². The first kappa shape index (κ1) is 24.3. The zero-order valence-electron chi connectivity index (χ0n) is 21.6. The van der Waals surface area contributed by atoms with Gasteiger partial charge >= 0.3 is 0 Å². The molecule has 190 valence electrons. The van der Waals surface area contributed by atoms with Gasteiger partial charge < -0.3 is 30.4 Å². The highest BCUT2D eigenvalue weighted by atomic mass is 16.1. The maximum atomic E-state index is 12.2. The van der Waals surface area contributed by atoms with E-state index in [2.05, 4.69) is 48.7 Å². The normalized spacial score (nSPS) is 11.4. The van der Waals surface area contributed by atoms with Crippen LogP contribution in [0, 0.1) is 0 Å². The Morgan fingerprint density at radius 3 is 2.70 bits per heavy atom. The van der Waals surface area contributed by atoms with Gasteiger partial charge in [0.2, 0.25) is 11.9 Å². The third-order valence-corrected chi connectivity index (χ3v) is 6.31. The topological polar surface area (TPSA) is 103 Å². The molecule has 5 rings (SSSR count). The molecule has 9 heteroatoms. The first-order chi connectivity index (χ1) is 17.9. The fourth-order valence-corrected chi connectivity index (χ4v) is 4.39. The number of hydrogen-bond donors (Lipinski definition) is 4. The van der Waals surface area contributed by atoms with E-state index in [-0.39, 0.29) is 5.91 Å². The molecule has 0 saturated heterocycles. The molecular formula is C28H32N8O. The minimum absolute atomic E-state index is 0.0462. The number of amides is 1. The lowest BCUT2D eigenvalue weighted by molar-refractivity contribution is -0.115. The van der Waals surface area contributed by atoms with Gasteiger partial charge in [-0.05, 0) is 44.4 Å². The standard InChI is InChI=1S/C28H32N8O/c1-5-25(37)32-23-16-18(10-11-22(23)29-14-15-35(2)3)31-28-33-26(20-12-13-30-27(20)34-28)21-17-36(4)24-9-7-6-8-19(21)24/h6-13,16-17,29H,5,14-15H2,1-4H3,(H,32,37)(H2,30,31,33,34). The van der Waals surface area contributed by atoms with Gasteiger partial charge in [-0.25, -0.2) is 4.98 Å². The van der Waals surface area contributed by atoms with Crippen molar-refractivity contribution in [3.05, 3.63) is 60.9 Å². The lowest BCUT2D eigenvalue weighted by Gasteiger charge is -2.17. The Morgan fingerprint density at radius 2 is 1.89 bits per heavy atom. The van der Waals surface area contributed by atoms with Crippen molar-refractivity contribution in [3.63, 3.8) is 0 Å². The predicted molar refractivity (Wildman–Crippen MR) is 151 cm³/mol. The molecule has 0 fully saturated rings. The van der Waals surface area contributed by atoms with Crippen LogP contribution in [0.1, 0.15) is 13.3 Å². The summed E-state index contributed by atoms with van der Waals surface area (Å²) in [6, 6.07) is 16.1. The van der Waals surface area contributed by atoms with E-state index in [4.69, 9.17) is 9.97 Å². The molecule has 0 aliphatic carbocycles. The summed E-state index contributed by atoms with van der Waals surface area (Å²) in [5, 5.41) is 11.9. The van der Waals surface area contributed by atoms with Crippen molar-refractivity contribution in [2.75, 3.05) is 43.1 Å². The van der Waals surface area contributed by atoms with Crippen molar-refractivity contribution >= 4 is 50.9 Å². The second-order valence-electron chi connectivity index (χ2n) is 9.32. The van der Waals surface area contributed by atoms with E-state index in [0.29, 0.717) is 18.1 Å². The fourth-order valence-electron chi connectivity index (χ4n) is 4.39. The zero-order valence-corrected chi connectivity index (χ0v) is 21.6. The Kier molecular flexibility index (Phi) is 6.78. The number of carbonyl (C=O) groups is 1. The van der Waals surface area contributed by atoms with Crippen LogP contribution >= 0.6 is 0 Å². The number of benzene rings is 2. The van der Waals surface area contributed by atoms with Crippen molar-refractivity contribution < 1.29 is 4.79 Å². The van der Waals surface area contributed by atoms with Crippen LogP contribution in [0.2, 0.25) is 0 Å². The number of carbonyl (C=O) groups excluding carboxylic acids is 1. The van der Waals surface area contributed by atoms with Gasteiger partial charge in [0.15, 0.2) is 0 Å². The molecule has 0 bridgehead atoms. The Balaban J connectivity index is 1.51. The predicted octanol–water partition coefficient (Wildman–Crippen LogP) is 5.18. The molecule has 0 spiro atoms. The molecule has 0 unspecified atom stereocenters. The van der Waals surface area contributed by atoms with Crippen molar-refractivity contribution in [2.24, 2.45) is 7.05 Å². The van der Waals surface area contributed by atoms with E-state index in [9.17, 15) is 4.79 Å². The van der Waals surface area contributed by atoms with Crippen molar-refractivity contribution in [2.45, 2.75) is 13.3 Å². The number of aromatic nitrogens is 4. The second kappa shape index (κ2) is 10.3. The largest absolute Gasteiger partial charge is 0.382 e. The summed E-state index contributed by atoms with van der Waals surface area (Å²) < 4.78 is 2.11. The van der Waals surface area contributed by atoms with Gasteiger partial charge in [0.25, 0.3) is 0 Å². The minimum Gasteiger partial charge on any atom is -0.382 e. The van der Waals surface area contributed by atoms with Crippen LogP contribution in [0.15, 0.2) is 60.9 Å². The highest BCUT2D eigenvalue weighted by molar-refractivity contribution is 6.03. The molecule has 37 heavy (non-hydrogen) atoms. The Hall–Kier alpha value is -4.37.